The van der Waals surface area contributed by atoms with Gasteiger partial charge in [0.1, 0.15) is 6.04 Å². The number of anilines is 2. The molecule has 4 nitrogen and oxygen atoms in total. The number of imide groups is 1. The molecular weight excluding hydrogens is 358 g/mol. The van der Waals surface area contributed by atoms with E-state index in [0.717, 1.165) is 17.0 Å². The molecule has 2 aromatic rings. The lowest BCUT2D eigenvalue weighted by molar-refractivity contribution is -0.121. The van der Waals surface area contributed by atoms with Crippen LogP contribution in [-0.4, -0.2) is 23.6 Å². The Balaban J connectivity index is 1.71. The molecule has 3 rings (SSSR count). The fourth-order valence-electron chi connectivity index (χ4n) is 2.83. The van der Waals surface area contributed by atoms with Gasteiger partial charge in [0.2, 0.25) is 5.91 Å². The number of alkyl halides is 2. The summed E-state index contributed by atoms with van der Waals surface area (Å²) in [6.07, 6.45) is 0.983. The number of benzene rings is 2. The molecule has 2 amide bonds. The minimum atomic E-state index is -2.51. The van der Waals surface area contributed by atoms with Crippen LogP contribution in [-0.2, 0) is 16.0 Å². The lowest BCUT2D eigenvalue weighted by atomic mass is 10.1. The number of rotatable bonds is 6. The molecule has 1 aliphatic heterocycles. The summed E-state index contributed by atoms with van der Waals surface area (Å²) in [5, 5.41) is 3.09. The number of nitrogens with one attached hydrogen (secondary N) is 1. The predicted octanol–water partition coefficient (Wildman–Crippen LogP) is 4.31. The van der Waals surface area contributed by atoms with Crippen molar-refractivity contribution in [3.8, 4) is 0 Å². The molecule has 1 heterocycles. The predicted molar refractivity (Wildman–Crippen MR) is 98.6 cm³/mol. The van der Waals surface area contributed by atoms with Crippen molar-refractivity contribution in [2.24, 2.45) is 0 Å². The van der Waals surface area contributed by atoms with Crippen LogP contribution in [0.4, 0.5) is 20.2 Å². The fourth-order valence-corrected chi connectivity index (χ4v) is 3.33. The number of hydrogen-bond donors (Lipinski definition) is 1. The number of amides is 2. The Morgan fingerprint density at radius 3 is 2.35 bits per heavy atom. The summed E-state index contributed by atoms with van der Waals surface area (Å²) in [5.74, 6) is -3.17. The Kier molecular flexibility index (Phi) is 5.56. The van der Waals surface area contributed by atoms with Gasteiger partial charge in [-0.25, -0.2) is 4.90 Å². The minimum absolute atomic E-state index is 0.0574. The van der Waals surface area contributed by atoms with Gasteiger partial charge in [-0.15, -0.1) is 0 Å². The van der Waals surface area contributed by atoms with E-state index in [9.17, 15) is 18.4 Å². The van der Waals surface area contributed by atoms with Crippen LogP contribution in [0.3, 0.4) is 0 Å². The smallest absolute Gasteiger partial charge is 0.288 e. The topological polar surface area (TPSA) is 49.4 Å². The molecule has 1 N–H and O–H groups in total. The van der Waals surface area contributed by atoms with E-state index in [1.807, 2.05) is 24.3 Å². The summed E-state index contributed by atoms with van der Waals surface area (Å²) in [6, 6.07) is 13.1. The minimum Gasteiger partial charge on any atom is -0.373 e. The molecule has 2 aromatic carbocycles. The first-order chi connectivity index (χ1) is 12.5. The first-order valence-electron chi connectivity index (χ1n) is 8.25. The van der Waals surface area contributed by atoms with Gasteiger partial charge in [-0.3, -0.25) is 9.59 Å². The van der Waals surface area contributed by atoms with E-state index >= 15 is 0 Å². The van der Waals surface area contributed by atoms with Crippen LogP contribution in [0.25, 0.3) is 0 Å². The van der Waals surface area contributed by atoms with Crippen molar-refractivity contribution in [2.75, 3.05) is 10.2 Å². The van der Waals surface area contributed by atoms with E-state index in [1.54, 1.807) is 0 Å². The zero-order valence-corrected chi connectivity index (χ0v) is 14.9. The van der Waals surface area contributed by atoms with Crippen LogP contribution in [0.2, 0.25) is 0 Å². The zero-order chi connectivity index (χ0) is 18.7. The Bertz CT molecular complexity index is 794. The molecule has 26 heavy (non-hydrogen) atoms. The summed E-state index contributed by atoms with van der Waals surface area (Å²) in [6.45, 7) is 2.06. The highest BCUT2D eigenvalue weighted by molar-refractivity contribution is 7.99. The largest absolute Gasteiger partial charge is 0.373 e. The van der Waals surface area contributed by atoms with E-state index in [2.05, 4.69) is 12.2 Å². The Morgan fingerprint density at radius 2 is 1.77 bits per heavy atom. The van der Waals surface area contributed by atoms with E-state index in [4.69, 9.17) is 0 Å². The van der Waals surface area contributed by atoms with Crippen LogP contribution in [0.1, 0.15) is 18.9 Å². The highest BCUT2D eigenvalue weighted by atomic mass is 32.2. The average Bonchev–Trinajstić information content (AvgIpc) is 2.89. The van der Waals surface area contributed by atoms with Crippen molar-refractivity contribution >= 4 is 35.0 Å². The molecule has 7 heteroatoms. The number of aryl methyl sites for hydroxylation is 1. The number of thioether (sulfide) groups is 1. The SMILES string of the molecule is CCc1ccc(N[C@H]2CC(=O)N(c3ccc(SC(F)F)cc3)C2=O)cc1. The molecule has 0 bridgehead atoms. The molecule has 136 valence electrons. The van der Waals surface area contributed by atoms with Gasteiger partial charge in [0.15, 0.2) is 0 Å². The van der Waals surface area contributed by atoms with Crippen molar-refractivity contribution < 1.29 is 18.4 Å². The number of nitrogens with zero attached hydrogens (tertiary/aromatic N) is 1. The molecule has 1 aliphatic rings. The van der Waals surface area contributed by atoms with Gasteiger partial charge in [-0.1, -0.05) is 30.8 Å². The van der Waals surface area contributed by atoms with E-state index in [0.29, 0.717) is 22.3 Å². The number of carbonyl (C=O) groups is 2. The third kappa shape index (κ3) is 4.04. The molecule has 0 aliphatic carbocycles. The van der Waals surface area contributed by atoms with E-state index < -0.39 is 11.8 Å². The maximum atomic E-state index is 12.6. The average molecular weight is 376 g/mol. The second-order valence-corrected chi connectivity index (χ2v) is 6.95. The van der Waals surface area contributed by atoms with Crippen LogP contribution < -0.4 is 10.2 Å². The van der Waals surface area contributed by atoms with Crippen LogP contribution in [0.5, 0.6) is 0 Å². The van der Waals surface area contributed by atoms with Crippen molar-refractivity contribution in [2.45, 2.75) is 36.5 Å². The van der Waals surface area contributed by atoms with Crippen molar-refractivity contribution in [1.82, 2.24) is 0 Å². The highest BCUT2D eigenvalue weighted by Gasteiger charge is 2.39. The third-order valence-corrected chi connectivity index (χ3v) is 4.89. The molecular formula is C19H18F2N2O2S. The standard InChI is InChI=1S/C19H18F2N2O2S/c1-2-12-3-5-13(6-4-12)22-16-11-17(24)23(18(16)25)14-7-9-15(10-8-14)26-19(20)21/h3-10,16,19,22H,2,11H2,1H3/t16-/m0/s1. The third-order valence-electron chi connectivity index (χ3n) is 4.17. The quantitative estimate of drug-likeness (QED) is 0.603. The van der Waals surface area contributed by atoms with Crippen LogP contribution in [0, 0.1) is 0 Å². The monoisotopic (exact) mass is 376 g/mol. The molecule has 1 fully saturated rings. The maximum Gasteiger partial charge on any atom is 0.288 e. The molecule has 0 aromatic heterocycles. The first-order valence-corrected chi connectivity index (χ1v) is 9.13. The summed E-state index contributed by atoms with van der Waals surface area (Å²) in [4.78, 5) is 26.4. The van der Waals surface area contributed by atoms with Crippen LogP contribution in [0.15, 0.2) is 53.4 Å². The van der Waals surface area contributed by atoms with E-state index in [-0.39, 0.29) is 18.2 Å². The van der Waals surface area contributed by atoms with Gasteiger partial charge in [0, 0.05) is 10.6 Å². The number of hydrogen-bond acceptors (Lipinski definition) is 4. The second kappa shape index (κ2) is 7.86. The Labute approximate surface area is 154 Å². The normalized spacial score (nSPS) is 17.2. The molecule has 0 unspecified atom stereocenters. The van der Waals surface area contributed by atoms with Gasteiger partial charge < -0.3 is 5.32 Å². The summed E-state index contributed by atoms with van der Waals surface area (Å²) < 4.78 is 24.8. The summed E-state index contributed by atoms with van der Waals surface area (Å²) >= 11 is 0.422. The van der Waals surface area contributed by atoms with Crippen molar-refractivity contribution in [1.29, 1.82) is 0 Å². The highest BCUT2D eigenvalue weighted by Crippen LogP contribution is 2.30. The van der Waals surface area contributed by atoms with Crippen molar-refractivity contribution in [3.05, 3.63) is 54.1 Å². The van der Waals surface area contributed by atoms with Gasteiger partial charge >= 0.3 is 0 Å². The molecule has 0 radical (unpaired) electrons. The second-order valence-electron chi connectivity index (χ2n) is 5.89. The van der Waals surface area contributed by atoms with Gasteiger partial charge in [-0.05, 0) is 48.4 Å². The van der Waals surface area contributed by atoms with E-state index in [1.165, 1.54) is 29.8 Å². The van der Waals surface area contributed by atoms with Gasteiger partial charge in [0.05, 0.1) is 12.1 Å². The van der Waals surface area contributed by atoms with Crippen LogP contribution >= 0.6 is 11.8 Å². The molecule has 0 spiro atoms. The maximum absolute atomic E-state index is 12.6. The number of halogens is 2. The van der Waals surface area contributed by atoms with Crippen molar-refractivity contribution in [3.63, 3.8) is 0 Å². The molecule has 1 atom stereocenters. The Morgan fingerprint density at radius 1 is 1.12 bits per heavy atom. The Hall–Kier alpha value is -2.41. The molecule has 1 saturated heterocycles. The summed E-state index contributed by atoms with van der Waals surface area (Å²) in [7, 11) is 0. The zero-order valence-electron chi connectivity index (χ0n) is 14.1. The van der Waals surface area contributed by atoms with Gasteiger partial charge in [-0.2, -0.15) is 8.78 Å². The lowest BCUT2D eigenvalue weighted by Crippen LogP contribution is -2.34. The summed E-state index contributed by atoms with van der Waals surface area (Å²) in [5.41, 5.74) is 2.36. The van der Waals surface area contributed by atoms with Gasteiger partial charge in [0.25, 0.3) is 11.7 Å². The molecule has 0 saturated carbocycles. The lowest BCUT2D eigenvalue weighted by Gasteiger charge is -2.16. The number of carbonyl (C=O) groups excluding carboxylic acids is 2. The fraction of sp³-hybridized carbons (Fsp3) is 0.263. The first kappa shape index (κ1) is 18.4.